The van der Waals surface area contributed by atoms with Crippen molar-refractivity contribution < 1.29 is 18.0 Å². The second kappa shape index (κ2) is 9.51. The summed E-state index contributed by atoms with van der Waals surface area (Å²) in [7, 11) is -3.43. The lowest BCUT2D eigenvalue weighted by Gasteiger charge is -2.15. The summed E-state index contributed by atoms with van der Waals surface area (Å²) in [5, 5.41) is 5.11. The highest BCUT2D eigenvalue weighted by atomic mass is 79.9. The molecule has 0 radical (unpaired) electrons. The summed E-state index contributed by atoms with van der Waals surface area (Å²) in [4.78, 5) is 24.2. The predicted molar refractivity (Wildman–Crippen MR) is 114 cm³/mol. The van der Waals surface area contributed by atoms with Crippen LogP contribution in [0.1, 0.15) is 18.4 Å². The fraction of sp³-hybridized carbons (Fsp3) is 0.300. The molecule has 1 saturated heterocycles. The number of para-hydroxylation sites is 1. The van der Waals surface area contributed by atoms with Crippen LogP contribution < -0.4 is 10.6 Å². The first kappa shape index (κ1) is 21.5. The maximum atomic E-state index is 12.5. The molecule has 0 bridgehead atoms. The van der Waals surface area contributed by atoms with Crippen LogP contribution in [0.5, 0.6) is 0 Å². The van der Waals surface area contributed by atoms with Gasteiger partial charge in [-0.25, -0.2) is 8.42 Å². The van der Waals surface area contributed by atoms with Crippen molar-refractivity contribution in [2.75, 3.05) is 25.0 Å². The van der Waals surface area contributed by atoms with Crippen molar-refractivity contribution in [1.82, 2.24) is 9.62 Å². The van der Waals surface area contributed by atoms with Crippen LogP contribution in [0.25, 0.3) is 0 Å². The second-order valence-electron chi connectivity index (χ2n) is 6.70. The van der Waals surface area contributed by atoms with E-state index in [1.807, 2.05) is 6.07 Å². The Hall–Kier alpha value is -2.23. The minimum absolute atomic E-state index is 0.264. The Labute approximate surface area is 178 Å². The molecule has 0 unspecified atom stereocenters. The van der Waals surface area contributed by atoms with Crippen LogP contribution in [0.2, 0.25) is 0 Å². The number of amides is 2. The molecule has 3 rings (SSSR count). The molecule has 2 aromatic rings. The third-order valence-electron chi connectivity index (χ3n) is 4.65. The fourth-order valence-corrected chi connectivity index (χ4v) is 4.95. The Morgan fingerprint density at radius 1 is 0.966 bits per heavy atom. The molecule has 1 fully saturated rings. The molecule has 29 heavy (non-hydrogen) atoms. The summed E-state index contributed by atoms with van der Waals surface area (Å²) in [5.41, 5.74) is 1.39. The van der Waals surface area contributed by atoms with Gasteiger partial charge in [0.1, 0.15) is 0 Å². The number of nitrogens with one attached hydrogen (secondary N) is 2. The lowest BCUT2D eigenvalue weighted by molar-refractivity contribution is -0.136. The van der Waals surface area contributed by atoms with Gasteiger partial charge < -0.3 is 10.6 Å². The Morgan fingerprint density at radius 3 is 2.28 bits per heavy atom. The molecular weight excluding hydrogens is 458 g/mol. The van der Waals surface area contributed by atoms with Gasteiger partial charge in [-0.05, 0) is 65.0 Å². The number of sulfonamides is 1. The summed E-state index contributed by atoms with van der Waals surface area (Å²) in [5.74, 6) is -1.47. The van der Waals surface area contributed by atoms with Gasteiger partial charge in [0.15, 0.2) is 0 Å². The zero-order valence-electron chi connectivity index (χ0n) is 15.7. The fourth-order valence-electron chi connectivity index (χ4n) is 3.05. The number of hydrogen-bond acceptors (Lipinski definition) is 4. The molecule has 154 valence electrons. The average molecular weight is 480 g/mol. The summed E-state index contributed by atoms with van der Waals surface area (Å²) >= 11 is 3.31. The predicted octanol–water partition coefficient (Wildman–Crippen LogP) is 2.53. The minimum Gasteiger partial charge on any atom is -0.347 e. The van der Waals surface area contributed by atoms with Crippen molar-refractivity contribution >= 4 is 43.5 Å². The molecule has 2 aromatic carbocycles. The SMILES string of the molecule is O=C(NCCc1ccc(S(=O)(=O)N2CCCC2)cc1)C(=O)Nc1ccccc1Br. The van der Waals surface area contributed by atoms with Crippen molar-refractivity contribution in [2.45, 2.75) is 24.2 Å². The van der Waals surface area contributed by atoms with E-state index in [1.165, 1.54) is 4.31 Å². The van der Waals surface area contributed by atoms with Crippen LogP contribution >= 0.6 is 15.9 Å². The van der Waals surface area contributed by atoms with Crippen LogP contribution in [-0.4, -0.2) is 44.2 Å². The highest BCUT2D eigenvalue weighted by molar-refractivity contribution is 9.10. The van der Waals surface area contributed by atoms with E-state index in [0.29, 0.717) is 29.7 Å². The summed E-state index contributed by atoms with van der Waals surface area (Å²) in [6.07, 6.45) is 2.27. The molecule has 1 aliphatic heterocycles. The van der Waals surface area contributed by atoms with Gasteiger partial charge in [0, 0.05) is 24.1 Å². The first-order chi connectivity index (χ1) is 13.9. The summed E-state index contributed by atoms with van der Waals surface area (Å²) in [6.45, 7) is 1.40. The third kappa shape index (κ3) is 5.43. The van der Waals surface area contributed by atoms with Gasteiger partial charge >= 0.3 is 11.8 Å². The van der Waals surface area contributed by atoms with Gasteiger partial charge in [0.2, 0.25) is 10.0 Å². The zero-order valence-corrected chi connectivity index (χ0v) is 18.1. The number of halogens is 1. The first-order valence-corrected chi connectivity index (χ1v) is 11.5. The maximum absolute atomic E-state index is 12.5. The van der Waals surface area contributed by atoms with Crippen molar-refractivity contribution in [2.24, 2.45) is 0 Å². The minimum atomic E-state index is -3.43. The summed E-state index contributed by atoms with van der Waals surface area (Å²) in [6, 6.07) is 13.7. The van der Waals surface area contributed by atoms with Gasteiger partial charge in [-0.1, -0.05) is 24.3 Å². The molecule has 0 aliphatic carbocycles. The Morgan fingerprint density at radius 2 is 1.62 bits per heavy atom. The molecule has 0 saturated carbocycles. The molecule has 0 atom stereocenters. The Balaban J connectivity index is 1.49. The number of hydrogen-bond donors (Lipinski definition) is 2. The monoisotopic (exact) mass is 479 g/mol. The standard InChI is InChI=1S/C20H22BrN3O4S/c21-17-5-1-2-6-18(17)23-20(26)19(25)22-12-11-15-7-9-16(10-8-15)29(27,28)24-13-3-4-14-24/h1-2,5-10H,3-4,11-14H2,(H,22,25)(H,23,26). The lowest BCUT2D eigenvalue weighted by Crippen LogP contribution is -2.36. The molecule has 2 amide bonds. The maximum Gasteiger partial charge on any atom is 0.313 e. The van der Waals surface area contributed by atoms with Gasteiger partial charge in [-0.15, -0.1) is 0 Å². The molecule has 2 N–H and O–H groups in total. The van der Waals surface area contributed by atoms with E-state index >= 15 is 0 Å². The van der Waals surface area contributed by atoms with Crippen molar-refractivity contribution in [3.8, 4) is 0 Å². The van der Waals surface area contributed by atoms with Crippen molar-refractivity contribution in [1.29, 1.82) is 0 Å². The highest BCUT2D eigenvalue weighted by Gasteiger charge is 2.26. The number of carbonyl (C=O) groups excluding carboxylic acids is 2. The number of benzene rings is 2. The van der Waals surface area contributed by atoms with Crippen LogP contribution in [0.15, 0.2) is 57.9 Å². The van der Waals surface area contributed by atoms with Crippen molar-refractivity contribution in [3.63, 3.8) is 0 Å². The number of nitrogens with zero attached hydrogens (tertiary/aromatic N) is 1. The van der Waals surface area contributed by atoms with Crippen LogP contribution in [0.3, 0.4) is 0 Å². The molecular formula is C20H22BrN3O4S. The molecule has 0 aromatic heterocycles. The van der Waals surface area contributed by atoms with E-state index in [-0.39, 0.29) is 11.4 Å². The van der Waals surface area contributed by atoms with E-state index in [9.17, 15) is 18.0 Å². The smallest absolute Gasteiger partial charge is 0.313 e. The van der Waals surface area contributed by atoms with E-state index < -0.39 is 21.8 Å². The summed E-state index contributed by atoms with van der Waals surface area (Å²) < 4.78 is 27.2. The van der Waals surface area contributed by atoms with E-state index in [0.717, 1.165) is 18.4 Å². The number of anilines is 1. The number of rotatable bonds is 6. The van der Waals surface area contributed by atoms with E-state index in [1.54, 1.807) is 42.5 Å². The van der Waals surface area contributed by atoms with E-state index in [2.05, 4.69) is 26.6 Å². The van der Waals surface area contributed by atoms with Crippen molar-refractivity contribution in [3.05, 3.63) is 58.6 Å². The van der Waals surface area contributed by atoms with Crippen LogP contribution in [0.4, 0.5) is 5.69 Å². The molecule has 1 heterocycles. The van der Waals surface area contributed by atoms with Gasteiger partial charge in [0.05, 0.1) is 10.6 Å². The largest absolute Gasteiger partial charge is 0.347 e. The van der Waals surface area contributed by atoms with Crippen LogP contribution in [0, 0.1) is 0 Å². The molecule has 0 spiro atoms. The quantitative estimate of drug-likeness (QED) is 0.622. The lowest BCUT2D eigenvalue weighted by atomic mass is 10.1. The topological polar surface area (TPSA) is 95.6 Å². The number of carbonyl (C=O) groups is 2. The highest BCUT2D eigenvalue weighted by Crippen LogP contribution is 2.22. The Kier molecular flexibility index (Phi) is 7.05. The van der Waals surface area contributed by atoms with Gasteiger partial charge in [-0.3, -0.25) is 9.59 Å². The first-order valence-electron chi connectivity index (χ1n) is 9.31. The zero-order chi connectivity index (χ0) is 20.9. The van der Waals surface area contributed by atoms with Gasteiger partial charge in [-0.2, -0.15) is 4.31 Å². The third-order valence-corrected chi connectivity index (χ3v) is 7.26. The van der Waals surface area contributed by atoms with E-state index in [4.69, 9.17) is 0 Å². The Bertz CT molecular complexity index is 987. The molecule has 9 heteroatoms. The average Bonchev–Trinajstić information content (AvgIpc) is 3.26. The van der Waals surface area contributed by atoms with Gasteiger partial charge in [0.25, 0.3) is 0 Å². The normalized spacial score (nSPS) is 14.5. The second-order valence-corrected chi connectivity index (χ2v) is 9.49. The molecule has 7 nitrogen and oxygen atoms in total. The van der Waals surface area contributed by atoms with Crippen LogP contribution in [-0.2, 0) is 26.0 Å². The molecule has 1 aliphatic rings.